The molecule has 1 saturated heterocycles. The Kier molecular flexibility index (Phi) is 4.27. The van der Waals surface area contributed by atoms with Crippen LogP contribution in [-0.4, -0.2) is 37.3 Å². The Morgan fingerprint density at radius 2 is 2.21 bits per heavy atom. The van der Waals surface area contributed by atoms with Crippen molar-refractivity contribution in [1.29, 1.82) is 0 Å². The molecule has 7 heteroatoms. The lowest BCUT2D eigenvalue weighted by Gasteiger charge is -2.11. The van der Waals surface area contributed by atoms with E-state index in [1.165, 1.54) is 6.42 Å². The molecule has 0 saturated carbocycles. The quantitative estimate of drug-likeness (QED) is 0.824. The van der Waals surface area contributed by atoms with Gasteiger partial charge >= 0.3 is 0 Å². The van der Waals surface area contributed by atoms with Crippen LogP contribution in [0.5, 0.6) is 0 Å². The highest BCUT2D eigenvalue weighted by molar-refractivity contribution is 7.89. The van der Waals surface area contributed by atoms with Crippen molar-refractivity contribution in [1.82, 2.24) is 19.8 Å². The molecule has 1 atom stereocenters. The molecule has 0 aliphatic carbocycles. The molecule has 1 aliphatic rings. The zero-order chi connectivity index (χ0) is 14.0. The van der Waals surface area contributed by atoms with E-state index in [0.29, 0.717) is 28.9 Å². The fourth-order valence-electron chi connectivity index (χ4n) is 2.59. The van der Waals surface area contributed by atoms with Gasteiger partial charge in [0, 0.05) is 19.6 Å². The monoisotopic (exact) mass is 286 g/mol. The Morgan fingerprint density at radius 1 is 1.47 bits per heavy atom. The normalized spacial score (nSPS) is 20.1. The van der Waals surface area contributed by atoms with E-state index in [1.54, 1.807) is 25.6 Å². The van der Waals surface area contributed by atoms with Crippen LogP contribution in [0.2, 0.25) is 0 Å². The lowest BCUT2D eigenvalue weighted by atomic mass is 10.2. The first-order valence-corrected chi connectivity index (χ1v) is 8.13. The van der Waals surface area contributed by atoms with E-state index >= 15 is 0 Å². The standard InChI is InChI=1S/C12H22N4O2S/c1-9-12(10(2)16(3)15-9)19(17,18)14-8-6-11-5-4-7-13-11/h11,13-14H,4-8H2,1-3H3/t11-/m1/s1. The van der Waals surface area contributed by atoms with E-state index in [9.17, 15) is 8.42 Å². The maximum Gasteiger partial charge on any atom is 0.244 e. The van der Waals surface area contributed by atoms with Crippen molar-refractivity contribution in [3.05, 3.63) is 11.4 Å². The van der Waals surface area contributed by atoms with Gasteiger partial charge in [-0.2, -0.15) is 5.10 Å². The van der Waals surface area contributed by atoms with Crippen LogP contribution in [0.15, 0.2) is 4.90 Å². The maximum atomic E-state index is 12.3. The molecule has 0 spiro atoms. The molecule has 0 amide bonds. The van der Waals surface area contributed by atoms with Gasteiger partial charge in [-0.3, -0.25) is 4.68 Å². The smallest absolute Gasteiger partial charge is 0.244 e. The molecular weight excluding hydrogens is 264 g/mol. The average molecular weight is 286 g/mol. The molecule has 1 aromatic heterocycles. The van der Waals surface area contributed by atoms with Crippen LogP contribution >= 0.6 is 0 Å². The largest absolute Gasteiger partial charge is 0.314 e. The van der Waals surface area contributed by atoms with Gasteiger partial charge in [-0.25, -0.2) is 13.1 Å². The highest BCUT2D eigenvalue weighted by Crippen LogP contribution is 2.18. The Morgan fingerprint density at radius 3 is 2.74 bits per heavy atom. The molecule has 2 N–H and O–H groups in total. The molecule has 0 radical (unpaired) electrons. The molecule has 108 valence electrons. The van der Waals surface area contributed by atoms with Gasteiger partial charge in [0.1, 0.15) is 4.90 Å². The second kappa shape index (κ2) is 5.60. The van der Waals surface area contributed by atoms with E-state index < -0.39 is 10.0 Å². The second-order valence-electron chi connectivity index (χ2n) is 5.10. The van der Waals surface area contributed by atoms with Gasteiger partial charge in [-0.05, 0) is 39.7 Å². The summed E-state index contributed by atoms with van der Waals surface area (Å²) in [5.74, 6) is 0. The number of nitrogens with one attached hydrogen (secondary N) is 2. The zero-order valence-corrected chi connectivity index (χ0v) is 12.5. The van der Waals surface area contributed by atoms with Crippen LogP contribution < -0.4 is 10.0 Å². The Bertz CT molecular complexity index is 544. The van der Waals surface area contributed by atoms with E-state index in [2.05, 4.69) is 15.1 Å². The summed E-state index contributed by atoms with van der Waals surface area (Å²) in [4.78, 5) is 0.314. The van der Waals surface area contributed by atoms with Gasteiger partial charge in [0.05, 0.1) is 11.4 Å². The third-order valence-electron chi connectivity index (χ3n) is 3.66. The first kappa shape index (κ1) is 14.5. The Labute approximate surface area is 114 Å². The van der Waals surface area contributed by atoms with E-state index in [4.69, 9.17) is 0 Å². The molecule has 1 aliphatic heterocycles. The van der Waals surface area contributed by atoms with Crippen LogP contribution in [-0.2, 0) is 17.1 Å². The van der Waals surface area contributed by atoms with Crippen LogP contribution in [0.4, 0.5) is 0 Å². The topological polar surface area (TPSA) is 76.0 Å². The van der Waals surface area contributed by atoms with E-state index in [-0.39, 0.29) is 0 Å². The fraction of sp³-hybridized carbons (Fsp3) is 0.750. The van der Waals surface area contributed by atoms with Crippen molar-refractivity contribution >= 4 is 10.0 Å². The first-order valence-electron chi connectivity index (χ1n) is 6.65. The zero-order valence-electron chi connectivity index (χ0n) is 11.7. The van der Waals surface area contributed by atoms with Crippen molar-refractivity contribution < 1.29 is 8.42 Å². The molecular formula is C12H22N4O2S. The first-order chi connectivity index (χ1) is 8.92. The van der Waals surface area contributed by atoms with Crippen molar-refractivity contribution in [3.63, 3.8) is 0 Å². The highest BCUT2D eigenvalue weighted by Gasteiger charge is 2.24. The lowest BCUT2D eigenvalue weighted by Crippen LogP contribution is -2.31. The third kappa shape index (κ3) is 3.16. The minimum Gasteiger partial charge on any atom is -0.314 e. The van der Waals surface area contributed by atoms with Crippen LogP contribution in [0.1, 0.15) is 30.7 Å². The molecule has 1 fully saturated rings. The Balaban J connectivity index is 2.01. The Hall–Kier alpha value is -0.920. The van der Waals surface area contributed by atoms with Gasteiger partial charge in [0.2, 0.25) is 10.0 Å². The number of nitrogens with zero attached hydrogens (tertiary/aromatic N) is 2. The number of hydrogen-bond acceptors (Lipinski definition) is 4. The second-order valence-corrected chi connectivity index (χ2v) is 6.81. The number of aryl methyl sites for hydroxylation is 2. The number of aromatic nitrogens is 2. The number of rotatable bonds is 5. The third-order valence-corrected chi connectivity index (χ3v) is 5.37. The number of sulfonamides is 1. The van der Waals surface area contributed by atoms with Crippen LogP contribution in [0.3, 0.4) is 0 Å². The summed E-state index contributed by atoms with van der Waals surface area (Å²) in [5, 5.41) is 7.51. The summed E-state index contributed by atoms with van der Waals surface area (Å²) in [7, 11) is -1.70. The van der Waals surface area contributed by atoms with Crippen LogP contribution in [0, 0.1) is 13.8 Å². The molecule has 6 nitrogen and oxygen atoms in total. The molecule has 0 unspecified atom stereocenters. The van der Waals surface area contributed by atoms with Gasteiger partial charge in [0.25, 0.3) is 0 Å². The predicted molar refractivity (Wildman–Crippen MR) is 73.5 cm³/mol. The molecule has 2 heterocycles. The van der Waals surface area contributed by atoms with Crippen molar-refractivity contribution in [2.45, 2.75) is 44.0 Å². The van der Waals surface area contributed by atoms with Gasteiger partial charge in [0.15, 0.2) is 0 Å². The summed E-state index contributed by atoms with van der Waals surface area (Å²) < 4.78 is 28.8. The summed E-state index contributed by atoms with van der Waals surface area (Å²) in [6.45, 7) is 5.00. The van der Waals surface area contributed by atoms with Crippen molar-refractivity contribution in [2.24, 2.45) is 7.05 Å². The summed E-state index contributed by atoms with van der Waals surface area (Å²) in [5.41, 5.74) is 1.22. The van der Waals surface area contributed by atoms with Gasteiger partial charge < -0.3 is 5.32 Å². The molecule has 0 bridgehead atoms. The SMILES string of the molecule is Cc1nn(C)c(C)c1S(=O)(=O)NCC[C@H]1CCCN1. The highest BCUT2D eigenvalue weighted by atomic mass is 32.2. The molecule has 1 aromatic rings. The molecule has 0 aromatic carbocycles. The van der Waals surface area contributed by atoms with Crippen molar-refractivity contribution in [3.8, 4) is 0 Å². The fourth-order valence-corrected chi connectivity index (χ4v) is 4.07. The summed E-state index contributed by atoms with van der Waals surface area (Å²) >= 11 is 0. The van der Waals surface area contributed by atoms with Crippen molar-refractivity contribution in [2.75, 3.05) is 13.1 Å². The van der Waals surface area contributed by atoms with Gasteiger partial charge in [-0.1, -0.05) is 0 Å². The summed E-state index contributed by atoms with van der Waals surface area (Å²) in [6.07, 6.45) is 3.14. The lowest BCUT2D eigenvalue weighted by molar-refractivity contribution is 0.539. The maximum absolute atomic E-state index is 12.3. The van der Waals surface area contributed by atoms with Gasteiger partial charge in [-0.15, -0.1) is 0 Å². The minimum atomic E-state index is -3.45. The van der Waals surface area contributed by atoms with Crippen LogP contribution in [0.25, 0.3) is 0 Å². The molecule has 2 rings (SSSR count). The summed E-state index contributed by atoms with van der Waals surface area (Å²) in [6, 6.07) is 0.443. The number of hydrogen-bond donors (Lipinski definition) is 2. The minimum absolute atomic E-state index is 0.314. The van der Waals surface area contributed by atoms with E-state index in [0.717, 1.165) is 19.4 Å². The van der Waals surface area contributed by atoms with E-state index in [1.807, 2.05) is 0 Å². The average Bonchev–Trinajstić information content (AvgIpc) is 2.88. The molecule has 19 heavy (non-hydrogen) atoms. The predicted octanol–water partition coefficient (Wildman–Crippen LogP) is 0.457.